The Morgan fingerprint density at radius 1 is 1.31 bits per heavy atom. The van der Waals surface area contributed by atoms with Crippen molar-refractivity contribution >= 4 is 11.9 Å². The third-order valence-electron chi connectivity index (χ3n) is 6.57. The topological polar surface area (TPSA) is 126 Å². The Kier molecular flexibility index (Phi) is 10.7. The van der Waals surface area contributed by atoms with Gasteiger partial charge >= 0.3 is 11.9 Å². The number of hydrogen-bond acceptors (Lipinski definition) is 8. The fourth-order valence-electron chi connectivity index (χ4n) is 4.34. The van der Waals surface area contributed by atoms with Crippen molar-refractivity contribution < 1.29 is 39.1 Å². The van der Waals surface area contributed by atoms with E-state index in [9.17, 15) is 24.9 Å². The molecule has 0 aliphatic carbocycles. The molecule has 0 bridgehead atoms. The largest absolute Gasteiger partial charge is 0.457 e. The van der Waals surface area contributed by atoms with Crippen LogP contribution in [0.2, 0.25) is 0 Å². The van der Waals surface area contributed by atoms with Crippen LogP contribution in [0.3, 0.4) is 0 Å². The summed E-state index contributed by atoms with van der Waals surface area (Å²) in [6, 6.07) is 0. The van der Waals surface area contributed by atoms with Gasteiger partial charge in [0, 0.05) is 12.8 Å². The van der Waals surface area contributed by atoms with Gasteiger partial charge < -0.3 is 29.5 Å². The first-order valence-corrected chi connectivity index (χ1v) is 12.4. The Morgan fingerprint density at radius 2 is 2.00 bits per heavy atom. The second-order valence-electron chi connectivity index (χ2n) is 10.3. The molecule has 0 saturated carbocycles. The molecule has 0 aromatic carbocycles. The molecule has 2 heterocycles. The van der Waals surface area contributed by atoms with Crippen LogP contribution < -0.4 is 0 Å². The van der Waals surface area contributed by atoms with Crippen molar-refractivity contribution in [3.05, 3.63) is 36.0 Å². The fraction of sp³-hybridized carbons (Fsp3) is 0.704. The van der Waals surface area contributed by atoms with Crippen LogP contribution >= 0.6 is 0 Å². The van der Waals surface area contributed by atoms with Gasteiger partial charge in [0.15, 0.2) is 0 Å². The smallest absolute Gasteiger partial charge is 0.309 e. The van der Waals surface area contributed by atoms with E-state index in [0.717, 1.165) is 12.0 Å². The van der Waals surface area contributed by atoms with Crippen molar-refractivity contribution in [3.63, 3.8) is 0 Å². The van der Waals surface area contributed by atoms with E-state index in [0.29, 0.717) is 0 Å². The Bertz CT molecular complexity index is 812. The maximum absolute atomic E-state index is 12.5. The Morgan fingerprint density at radius 3 is 2.60 bits per heavy atom. The number of aliphatic hydroxyl groups is 3. The lowest BCUT2D eigenvalue weighted by Crippen LogP contribution is -2.42. The fourth-order valence-corrected chi connectivity index (χ4v) is 4.34. The maximum Gasteiger partial charge on any atom is 0.309 e. The summed E-state index contributed by atoms with van der Waals surface area (Å²) in [5.74, 6) is -1.07. The van der Waals surface area contributed by atoms with Gasteiger partial charge in [-0.25, -0.2) is 0 Å². The molecule has 9 atom stereocenters. The van der Waals surface area contributed by atoms with E-state index in [4.69, 9.17) is 14.2 Å². The van der Waals surface area contributed by atoms with Gasteiger partial charge in [-0.3, -0.25) is 9.59 Å². The molecule has 3 N–H and O–H groups in total. The highest BCUT2D eigenvalue weighted by Gasteiger charge is 2.42. The van der Waals surface area contributed by atoms with Gasteiger partial charge in [-0.2, -0.15) is 0 Å². The molecule has 1 fully saturated rings. The van der Waals surface area contributed by atoms with E-state index in [1.54, 1.807) is 26.0 Å². The number of allylic oxidation sites excluding steroid dienone is 3. The van der Waals surface area contributed by atoms with Crippen LogP contribution in [0.1, 0.15) is 67.2 Å². The molecule has 2 rings (SSSR count). The number of rotatable bonds is 7. The molecule has 198 valence electrons. The lowest BCUT2D eigenvalue weighted by atomic mass is 9.88. The van der Waals surface area contributed by atoms with E-state index in [-0.39, 0.29) is 43.3 Å². The summed E-state index contributed by atoms with van der Waals surface area (Å²) in [6.07, 6.45) is 7.23. The quantitative estimate of drug-likeness (QED) is 0.213. The second-order valence-corrected chi connectivity index (χ2v) is 10.3. The van der Waals surface area contributed by atoms with Crippen molar-refractivity contribution in [1.29, 1.82) is 0 Å². The molecule has 0 radical (unpaired) electrons. The highest BCUT2D eigenvalue weighted by Crippen LogP contribution is 2.31. The van der Waals surface area contributed by atoms with E-state index >= 15 is 0 Å². The minimum absolute atomic E-state index is 0.0750. The van der Waals surface area contributed by atoms with E-state index in [1.165, 1.54) is 6.92 Å². The van der Waals surface area contributed by atoms with Crippen molar-refractivity contribution in [2.24, 2.45) is 11.8 Å². The van der Waals surface area contributed by atoms with Gasteiger partial charge in [0.05, 0.1) is 24.7 Å². The second kappa shape index (κ2) is 12.8. The molecular weight excluding hydrogens is 452 g/mol. The standard InChI is InChI=1S/C27H42O8/c1-16(14-22-26(34-22)19(4)28)8-7-9-17(2)25-18(3)10-11-23(33-20(5)29)27(6,32)13-12-21(30)15-24(31)35-25/h7-11,16,18-19,21-23,25-26,28,30,32H,12-15H2,1-6H3. The van der Waals surface area contributed by atoms with Crippen LogP contribution in [-0.4, -0.2) is 69.5 Å². The average Bonchev–Trinajstić information content (AvgIpc) is 3.51. The van der Waals surface area contributed by atoms with Crippen molar-refractivity contribution in [2.75, 3.05) is 0 Å². The molecule has 0 aromatic rings. The van der Waals surface area contributed by atoms with E-state index < -0.39 is 42.0 Å². The van der Waals surface area contributed by atoms with Crippen molar-refractivity contribution in [3.8, 4) is 0 Å². The lowest BCUT2D eigenvalue weighted by Gasteiger charge is -2.32. The maximum atomic E-state index is 12.5. The highest BCUT2D eigenvalue weighted by molar-refractivity contribution is 5.70. The first-order valence-electron chi connectivity index (χ1n) is 12.4. The predicted molar refractivity (Wildman–Crippen MR) is 131 cm³/mol. The van der Waals surface area contributed by atoms with Gasteiger partial charge in [-0.15, -0.1) is 0 Å². The summed E-state index contributed by atoms with van der Waals surface area (Å²) < 4.78 is 16.6. The zero-order valence-electron chi connectivity index (χ0n) is 21.7. The van der Waals surface area contributed by atoms with E-state index in [1.807, 2.05) is 32.1 Å². The zero-order chi connectivity index (χ0) is 26.3. The minimum Gasteiger partial charge on any atom is -0.457 e. The first kappa shape index (κ1) is 29.2. The summed E-state index contributed by atoms with van der Waals surface area (Å²) in [5.41, 5.74) is -0.589. The van der Waals surface area contributed by atoms with Gasteiger partial charge in [-0.1, -0.05) is 38.2 Å². The number of cyclic esters (lactones) is 1. The molecular formula is C27H42O8. The number of ether oxygens (including phenoxy) is 3. The predicted octanol–water partition coefficient (Wildman–Crippen LogP) is 2.99. The monoisotopic (exact) mass is 494 g/mol. The van der Waals surface area contributed by atoms with Crippen LogP contribution in [0, 0.1) is 11.8 Å². The zero-order valence-corrected chi connectivity index (χ0v) is 21.7. The molecule has 2 aliphatic heterocycles. The van der Waals surface area contributed by atoms with Crippen molar-refractivity contribution in [2.45, 2.75) is 109 Å². The number of epoxide rings is 1. The number of carbonyl (C=O) groups excluding carboxylic acids is 2. The number of esters is 2. The summed E-state index contributed by atoms with van der Waals surface area (Å²) in [7, 11) is 0. The summed E-state index contributed by atoms with van der Waals surface area (Å²) in [6.45, 7) is 10.4. The van der Waals surface area contributed by atoms with E-state index in [2.05, 4.69) is 6.92 Å². The van der Waals surface area contributed by atoms with Gasteiger partial charge in [-0.05, 0) is 57.6 Å². The normalized spacial score (nSPS) is 36.6. The molecule has 8 nitrogen and oxygen atoms in total. The molecule has 9 unspecified atom stereocenters. The molecule has 8 heteroatoms. The van der Waals surface area contributed by atoms with Crippen LogP contribution in [-0.2, 0) is 23.8 Å². The number of carbonyl (C=O) groups is 2. The third-order valence-corrected chi connectivity index (χ3v) is 6.57. The number of aliphatic hydroxyl groups excluding tert-OH is 2. The Hall–Kier alpha value is -2.00. The minimum atomic E-state index is -1.40. The average molecular weight is 495 g/mol. The van der Waals surface area contributed by atoms with Crippen LogP contribution in [0.5, 0.6) is 0 Å². The third kappa shape index (κ3) is 9.52. The molecule has 0 aromatic heterocycles. The molecule has 1 saturated heterocycles. The first-order chi connectivity index (χ1) is 16.3. The van der Waals surface area contributed by atoms with Gasteiger partial charge in [0.1, 0.15) is 23.9 Å². The lowest BCUT2D eigenvalue weighted by molar-refractivity contribution is -0.157. The molecule has 35 heavy (non-hydrogen) atoms. The number of hydrogen-bond donors (Lipinski definition) is 3. The molecule has 0 spiro atoms. The van der Waals surface area contributed by atoms with Gasteiger partial charge in [0.25, 0.3) is 0 Å². The molecule has 0 amide bonds. The summed E-state index contributed by atoms with van der Waals surface area (Å²) >= 11 is 0. The van der Waals surface area contributed by atoms with Crippen LogP contribution in [0.15, 0.2) is 36.0 Å². The Labute approximate surface area is 208 Å². The van der Waals surface area contributed by atoms with Crippen LogP contribution in [0.25, 0.3) is 0 Å². The SMILES string of the molecule is CC(=O)OC1C=CC(C)C(C(C)=CC=CC(C)CC2OC2C(C)O)OC(=O)CC(O)CCC1(C)O. The van der Waals surface area contributed by atoms with Crippen LogP contribution in [0.4, 0.5) is 0 Å². The highest BCUT2D eigenvalue weighted by atomic mass is 16.6. The molecule has 2 aliphatic rings. The van der Waals surface area contributed by atoms with Gasteiger partial charge in [0.2, 0.25) is 0 Å². The Balaban J connectivity index is 2.17. The van der Waals surface area contributed by atoms with Crippen molar-refractivity contribution in [1.82, 2.24) is 0 Å². The summed E-state index contributed by atoms with van der Waals surface area (Å²) in [5, 5.41) is 30.8. The summed E-state index contributed by atoms with van der Waals surface area (Å²) in [4.78, 5) is 24.1.